The molecule has 228 valence electrons. The van der Waals surface area contributed by atoms with Crippen molar-refractivity contribution in [3.63, 3.8) is 0 Å². The van der Waals surface area contributed by atoms with Gasteiger partial charge in [0.15, 0.2) is 5.60 Å². The lowest BCUT2D eigenvalue weighted by molar-refractivity contribution is -0.135. The number of hydrogen-bond donors (Lipinski definition) is 4. The molecule has 0 radical (unpaired) electrons. The van der Waals surface area contributed by atoms with Gasteiger partial charge in [-0.05, 0) is 66.7 Å². The highest BCUT2D eigenvalue weighted by Crippen LogP contribution is 2.44. The van der Waals surface area contributed by atoms with Crippen molar-refractivity contribution in [2.24, 2.45) is 0 Å². The SMILES string of the molecule is CN(C(=O)O)c1ccc(C(=O)N[C@@H](CC(=O)Nc2ccc(F)cc2)C(=O)N2CC[C@@]3(C2)OC(=O)Nc2ccc(Cl)cc23)cc1. The van der Waals surface area contributed by atoms with E-state index in [-0.39, 0.29) is 25.1 Å². The maximum Gasteiger partial charge on any atom is 0.412 e. The largest absolute Gasteiger partial charge is 0.465 e. The summed E-state index contributed by atoms with van der Waals surface area (Å²) >= 11 is 6.22. The zero-order chi connectivity index (χ0) is 31.6. The van der Waals surface area contributed by atoms with Crippen LogP contribution in [0.5, 0.6) is 0 Å². The lowest BCUT2D eigenvalue weighted by Crippen LogP contribution is -2.51. The van der Waals surface area contributed by atoms with Crippen LogP contribution in [0.15, 0.2) is 66.7 Å². The number of carbonyl (C=O) groups excluding carboxylic acids is 4. The average molecular weight is 624 g/mol. The number of halogens is 2. The Bertz CT molecular complexity index is 1640. The van der Waals surface area contributed by atoms with Gasteiger partial charge in [-0.2, -0.15) is 0 Å². The van der Waals surface area contributed by atoms with Crippen LogP contribution in [0.2, 0.25) is 5.02 Å². The summed E-state index contributed by atoms with van der Waals surface area (Å²) in [5, 5.41) is 17.4. The molecular weight excluding hydrogens is 597 g/mol. The fraction of sp³-hybridized carbons (Fsp3) is 0.233. The van der Waals surface area contributed by atoms with Crippen LogP contribution in [0, 0.1) is 5.82 Å². The molecule has 2 aliphatic rings. The van der Waals surface area contributed by atoms with Crippen molar-refractivity contribution in [1.82, 2.24) is 10.2 Å². The predicted octanol–water partition coefficient (Wildman–Crippen LogP) is 4.41. The number of hydrogen-bond acceptors (Lipinski definition) is 6. The first-order chi connectivity index (χ1) is 20.9. The van der Waals surface area contributed by atoms with E-state index in [1.165, 1.54) is 60.5 Å². The first-order valence-corrected chi connectivity index (χ1v) is 13.8. The maximum atomic E-state index is 13.9. The first-order valence-electron chi connectivity index (χ1n) is 13.5. The molecule has 5 amide bonds. The average Bonchev–Trinajstić information content (AvgIpc) is 3.41. The Morgan fingerprint density at radius 1 is 1.11 bits per heavy atom. The second-order valence-electron chi connectivity index (χ2n) is 10.4. The Morgan fingerprint density at radius 2 is 1.82 bits per heavy atom. The molecule has 4 N–H and O–H groups in total. The monoisotopic (exact) mass is 623 g/mol. The molecule has 1 saturated heterocycles. The highest BCUT2D eigenvalue weighted by Gasteiger charge is 2.49. The van der Waals surface area contributed by atoms with E-state index in [2.05, 4.69) is 16.0 Å². The minimum absolute atomic E-state index is 0.0469. The first kappa shape index (κ1) is 30.3. The molecule has 5 rings (SSSR count). The number of carbonyl (C=O) groups is 5. The molecule has 0 aromatic heterocycles. The summed E-state index contributed by atoms with van der Waals surface area (Å²) in [7, 11) is 1.35. The fourth-order valence-corrected chi connectivity index (χ4v) is 5.36. The van der Waals surface area contributed by atoms with Crippen LogP contribution in [0.1, 0.15) is 28.8 Å². The van der Waals surface area contributed by atoms with Crippen molar-refractivity contribution in [3.05, 3.63) is 88.7 Å². The third kappa shape index (κ3) is 6.42. The minimum Gasteiger partial charge on any atom is -0.465 e. The van der Waals surface area contributed by atoms with E-state index in [1.807, 2.05) is 0 Å². The second kappa shape index (κ2) is 12.2. The molecule has 1 spiro atoms. The number of carboxylic acid groups (broad SMARTS) is 1. The van der Waals surface area contributed by atoms with E-state index < -0.39 is 53.8 Å². The number of fused-ring (bicyclic) bond motifs is 2. The predicted molar refractivity (Wildman–Crippen MR) is 158 cm³/mol. The van der Waals surface area contributed by atoms with Gasteiger partial charge in [0.2, 0.25) is 11.8 Å². The summed E-state index contributed by atoms with van der Waals surface area (Å²) in [6.45, 7) is 0.106. The Kier molecular flexibility index (Phi) is 8.41. The van der Waals surface area contributed by atoms with Crippen molar-refractivity contribution in [3.8, 4) is 0 Å². The van der Waals surface area contributed by atoms with Gasteiger partial charge in [-0.1, -0.05) is 11.6 Å². The molecule has 0 saturated carbocycles. The third-order valence-corrected chi connectivity index (χ3v) is 7.70. The van der Waals surface area contributed by atoms with Gasteiger partial charge >= 0.3 is 12.2 Å². The molecule has 12 nitrogen and oxygen atoms in total. The van der Waals surface area contributed by atoms with E-state index in [0.717, 1.165) is 4.90 Å². The number of anilines is 3. The molecule has 0 unspecified atom stereocenters. The van der Waals surface area contributed by atoms with Gasteiger partial charge in [-0.3, -0.25) is 24.6 Å². The van der Waals surface area contributed by atoms with E-state index in [1.54, 1.807) is 18.2 Å². The van der Waals surface area contributed by atoms with Gasteiger partial charge in [0.05, 0.1) is 18.7 Å². The van der Waals surface area contributed by atoms with E-state index >= 15 is 0 Å². The van der Waals surface area contributed by atoms with Gasteiger partial charge < -0.3 is 25.4 Å². The number of benzene rings is 3. The summed E-state index contributed by atoms with van der Waals surface area (Å²) in [4.78, 5) is 66.1. The number of nitrogens with zero attached hydrogens (tertiary/aromatic N) is 2. The molecule has 14 heteroatoms. The molecule has 1 fully saturated rings. The quantitative estimate of drug-likeness (QED) is 0.304. The van der Waals surface area contributed by atoms with Crippen molar-refractivity contribution in [2.75, 3.05) is 35.7 Å². The lowest BCUT2D eigenvalue weighted by atomic mass is 9.90. The van der Waals surface area contributed by atoms with Crippen LogP contribution < -0.4 is 20.9 Å². The summed E-state index contributed by atoms with van der Waals surface area (Å²) in [5.74, 6) is -2.38. The molecule has 44 heavy (non-hydrogen) atoms. The van der Waals surface area contributed by atoms with Crippen LogP contribution in [0.3, 0.4) is 0 Å². The van der Waals surface area contributed by atoms with Crippen molar-refractivity contribution in [2.45, 2.75) is 24.5 Å². The molecule has 3 aromatic carbocycles. The molecular formula is C30H27ClFN5O7. The molecule has 2 atom stereocenters. The molecule has 0 bridgehead atoms. The van der Waals surface area contributed by atoms with Crippen molar-refractivity contribution < 1.29 is 38.2 Å². The van der Waals surface area contributed by atoms with Gasteiger partial charge in [0.25, 0.3) is 5.91 Å². The summed E-state index contributed by atoms with van der Waals surface area (Å²) in [5.41, 5.74) is 0.649. The topological polar surface area (TPSA) is 157 Å². The fourth-order valence-electron chi connectivity index (χ4n) is 5.18. The molecule has 2 heterocycles. The molecule has 3 aromatic rings. The van der Waals surface area contributed by atoms with Gasteiger partial charge in [-0.25, -0.2) is 14.0 Å². The van der Waals surface area contributed by atoms with E-state index in [9.17, 15) is 33.5 Å². The normalized spacial score (nSPS) is 17.6. The van der Waals surface area contributed by atoms with Crippen LogP contribution in [0.4, 0.5) is 31.0 Å². The van der Waals surface area contributed by atoms with Crippen molar-refractivity contribution in [1.29, 1.82) is 0 Å². The highest BCUT2D eigenvalue weighted by atomic mass is 35.5. The number of amides is 5. The Hall–Kier alpha value is -5.17. The minimum atomic E-state index is -1.34. The summed E-state index contributed by atoms with van der Waals surface area (Å²) in [6.07, 6.45) is -2.09. The van der Waals surface area contributed by atoms with Gasteiger partial charge in [0.1, 0.15) is 11.9 Å². The van der Waals surface area contributed by atoms with Gasteiger partial charge in [-0.15, -0.1) is 0 Å². The van der Waals surface area contributed by atoms with E-state index in [0.29, 0.717) is 27.6 Å². The number of likely N-dealkylation sites (tertiary alicyclic amines) is 1. The lowest BCUT2D eigenvalue weighted by Gasteiger charge is -2.35. The van der Waals surface area contributed by atoms with Crippen LogP contribution in [0.25, 0.3) is 0 Å². The number of ether oxygens (including phenoxy) is 1. The van der Waals surface area contributed by atoms with E-state index in [4.69, 9.17) is 16.3 Å². The summed E-state index contributed by atoms with van der Waals surface area (Å²) in [6, 6.07) is 14.3. The maximum absolute atomic E-state index is 13.9. The van der Waals surface area contributed by atoms with Crippen LogP contribution in [-0.2, 0) is 19.9 Å². The number of nitrogens with one attached hydrogen (secondary N) is 3. The summed E-state index contributed by atoms with van der Waals surface area (Å²) < 4.78 is 19.0. The Morgan fingerprint density at radius 3 is 2.50 bits per heavy atom. The zero-order valence-electron chi connectivity index (χ0n) is 23.3. The van der Waals surface area contributed by atoms with Crippen LogP contribution >= 0.6 is 11.6 Å². The van der Waals surface area contributed by atoms with Crippen LogP contribution in [-0.4, -0.2) is 66.1 Å². The standard InChI is InChI=1S/C30H27ClFN5O7/c1-36(29(42)43)21-9-2-17(3-10-21)26(39)34-24(15-25(38)33-20-7-5-19(32)6-8-20)27(40)37-13-12-30(16-37)22-14-18(31)4-11-23(22)35-28(41)44-30/h2-11,14,24H,12-13,15-16H2,1H3,(H,33,38)(H,34,39)(H,35,41)(H,42,43)/t24-,30-/m0/s1. The highest BCUT2D eigenvalue weighted by molar-refractivity contribution is 6.30. The van der Waals surface area contributed by atoms with Gasteiger partial charge in [0, 0.05) is 47.5 Å². The zero-order valence-corrected chi connectivity index (χ0v) is 24.1. The Balaban J connectivity index is 1.37. The second-order valence-corrected chi connectivity index (χ2v) is 10.8. The number of rotatable bonds is 7. The smallest absolute Gasteiger partial charge is 0.412 e. The Labute approximate surface area is 255 Å². The molecule has 0 aliphatic carbocycles. The molecule has 2 aliphatic heterocycles. The van der Waals surface area contributed by atoms with Crippen molar-refractivity contribution >= 4 is 58.6 Å². The third-order valence-electron chi connectivity index (χ3n) is 7.47.